The molecule has 4 rings (SSSR count). The van der Waals surface area contributed by atoms with Gasteiger partial charge < -0.3 is 15.5 Å². The highest BCUT2D eigenvalue weighted by molar-refractivity contribution is 6.42. The SMILES string of the molecule is CN1CCC[C@H]1CCNc1nc(Nc2ccc(Cl)c(Cl)c2)nc2ccc(Cl)cc12. The minimum Gasteiger partial charge on any atom is -0.369 e. The molecular formula is C21H22Cl3N5. The monoisotopic (exact) mass is 449 g/mol. The fourth-order valence-electron chi connectivity index (χ4n) is 3.70. The van der Waals surface area contributed by atoms with Crippen molar-refractivity contribution in [3.05, 3.63) is 51.5 Å². The van der Waals surface area contributed by atoms with Gasteiger partial charge in [0.2, 0.25) is 5.95 Å². The van der Waals surface area contributed by atoms with Crippen molar-refractivity contribution in [2.75, 3.05) is 30.8 Å². The van der Waals surface area contributed by atoms with Crippen LogP contribution in [0.15, 0.2) is 36.4 Å². The van der Waals surface area contributed by atoms with Gasteiger partial charge in [-0.2, -0.15) is 4.98 Å². The molecule has 0 spiro atoms. The molecule has 0 radical (unpaired) electrons. The summed E-state index contributed by atoms with van der Waals surface area (Å²) in [7, 11) is 2.19. The van der Waals surface area contributed by atoms with Gasteiger partial charge in [-0.3, -0.25) is 0 Å². The Bertz CT molecular complexity index is 1030. The first-order valence-electron chi connectivity index (χ1n) is 9.63. The van der Waals surface area contributed by atoms with E-state index in [2.05, 4.69) is 27.6 Å². The molecular weight excluding hydrogens is 429 g/mol. The topological polar surface area (TPSA) is 53.1 Å². The predicted molar refractivity (Wildman–Crippen MR) is 123 cm³/mol. The maximum atomic E-state index is 6.22. The number of hydrogen-bond donors (Lipinski definition) is 2. The van der Waals surface area contributed by atoms with Crippen molar-refractivity contribution >= 4 is 63.2 Å². The highest BCUT2D eigenvalue weighted by Crippen LogP contribution is 2.29. The van der Waals surface area contributed by atoms with Crippen LogP contribution in [0, 0.1) is 0 Å². The van der Waals surface area contributed by atoms with E-state index in [4.69, 9.17) is 39.8 Å². The Labute approximate surface area is 185 Å². The van der Waals surface area contributed by atoms with E-state index in [1.807, 2.05) is 24.3 Å². The molecule has 8 heteroatoms. The largest absolute Gasteiger partial charge is 0.369 e. The second-order valence-electron chi connectivity index (χ2n) is 7.30. The minimum atomic E-state index is 0.475. The standard InChI is InChI=1S/C21H22Cl3N5/c1-29-10-2-3-15(29)8-9-25-20-16-11-13(22)4-7-19(16)27-21(28-20)26-14-5-6-17(23)18(24)12-14/h4-7,11-12,15H,2-3,8-10H2,1H3,(H2,25,26,27,28)/t15-/m0/s1. The molecule has 0 bridgehead atoms. The van der Waals surface area contributed by atoms with Gasteiger partial charge in [0, 0.05) is 28.7 Å². The van der Waals surface area contributed by atoms with E-state index in [1.54, 1.807) is 12.1 Å². The van der Waals surface area contributed by atoms with Gasteiger partial charge in [-0.25, -0.2) is 4.98 Å². The number of nitrogens with one attached hydrogen (secondary N) is 2. The Morgan fingerprint density at radius 2 is 1.93 bits per heavy atom. The van der Waals surface area contributed by atoms with Crippen molar-refractivity contribution in [3.8, 4) is 0 Å². The Morgan fingerprint density at radius 1 is 1.07 bits per heavy atom. The number of benzene rings is 2. The van der Waals surface area contributed by atoms with Crippen LogP contribution in [0.1, 0.15) is 19.3 Å². The van der Waals surface area contributed by atoms with E-state index in [0.29, 0.717) is 27.1 Å². The third-order valence-corrected chi connectivity index (χ3v) is 6.25. The van der Waals surface area contributed by atoms with Crippen LogP contribution in [-0.4, -0.2) is 41.0 Å². The highest BCUT2D eigenvalue weighted by Gasteiger charge is 2.20. The smallest absolute Gasteiger partial charge is 0.229 e. The van der Waals surface area contributed by atoms with Gasteiger partial charge in [-0.1, -0.05) is 34.8 Å². The van der Waals surface area contributed by atoms with Crippen LogP contribution < -0.4 is 10.6 Å². The third-order valence-electron chi connectivity index (χ3n) is 5.28. The van der Waals surface area contributed by atoms with Crippen LogP contribution >= 0.6 is 34.8 Å². The van der Waals surface area contributed by atoms with Crippen molar-refractivity contribution in [1.82, 2.24) is 14.9 Å². The summed E-state index contributed by atoms with van der Waals surface area (Å²) in [6.07, 6.45) is 3.59. The number of halogens is 3. The molecule has 0 unspecified atom stereocenters. The molecule has 1 saturated heterocycles. The molecule has 29 heavy (non-hydrogen) atoms. The van der Waals surface area contributed by atoms with E-state index in [9.17, 15) is 0 Å². The number of nitrogens with zero attached hydrogens (tertiary/aromatic N) is 3. The minimum absolute atomic E-state index is 0.475. The zero-order valence-corrected chi connectivity index (χ0v) is 18.3. The van der Waals surface area contributed by atoms with E-state index >= 15 is 0 Å². The molecule has 2 heterocycles. The normalized spacial score (nSPS) is 17.0. The molecule has 3 aromatic rings. The summed E-state index contributed by atoms with van der Waals surface area (Å²) >= 11 is 18.3. The average Bonchev–Trinajstić information content (AvgIpc) is 3.10. The lowest BCUT2D eigenvalue weighted by atomic mass is 10.1. The zero-order valence-electron chi connectivity index (χ0n) is 16.1. The predicted octanol–water partition coefficient (Wildman–Crippen LogP) is 6.23. The van der Waals surface area contributed by atoms with Crippen molar-refractivity contribution < 1.29 is 0 Å². The van der Waals surface area contributed by atoms with E-state index in [1.165, 1.54) is 19.4 Å². The van der Waals surface area contributed by atoms with Crippen LogP contribution in [0.4, 0.5) is 17.5 Å². The molecule has 1 atom stereocenters. The number of likely N-dealkylation sites (tertiary alicyclic amines) is 1. The van der Waals surface area contributed by atoms with Crippen molar-refractivity contribution in [1.29, 1.82) is 0 Å². The Kier molecular flexibility index (Phi) is 6.30. The van der Waals surface area contributed by atoms with Gasteiger partial charge in [0.1, 0.15) is 5.82 Å². The average molecular weight is 451 g/mol. The molecule has 2 aromatic carbocycles. The van der Waals surface area contributed by atoms with Crippen LogP contribution in [-0.2, 0) is 0 Å². The fraction of sp³-hybridized carbons (Fsp3) is 0.333. The lowest BCUT2D eigenvalue weighted by molar-refractivity contribution is 0.301. The first-order valence-corrected chi connectivity index (χ1v) is 10.8. The summed E-state index contributed by atoms with van der Waals surface area (Å²) in [4.78, 5) is 11.7. The molecule has 1 fully saturated rings. The molecule has 1 aliphatic rings. The summed E-state index contributed by atoms with van der Waals surface area (Å²) in [5.41, 5.74) is 1.58. The summed E-state index contributed by atoms with van der Waals surface area (Å²) in [6.45, 7) is 2.01. The summed E-state index contributed by atoms with van der Waals surface area (Å²) in [5, 5.41) is 9.23. The van der Waals surface area contributed by atoms with E-state index < -0.39 is 0 Å². The third kappa shape index (κ3) is 4.86. The first-order chi connectivity index (χ1) is 14.0. The second kappa shape index (κ2) is 8.92. The molecule has 2 N–H and O–H groups in total. The van der Waals surface area contributed by atoms with Gasteiger partial charge in [0.25, 0.3) is 0 Å². The zero-order chi connectivity index (χ0) is 20.4. The number of fused-ring (bicyclic) bond motifs is 1. The molecule has 0 amide bonds. The van der Waals surface area contributed by atoms with Gasteiger partial charge in [0.05, 0.1) is 15.6 Å². The Balaban J connectivity index is 1.58. The van der Waals surface area contributed by atoms with Crippen LogP contribution in [0.25, 0.3) is 10.9 Å². The van der Waals surface area contributed by atoms with Crippen LogP contribution in [0.3, 0.4) is 0 Å². The summed E-state index contributed by atoms with van der Waals surface area (Å²) in [6, 6.07) is 11.6. The summed E-state index contributed by atoms with van der Waals surface area (Å²) in [5.74, 6) is 1.25. The van der Waals surface area contributed by atoms with Gasteiger partial charge >= 0.3 is 0 Å². The summed E-state index contributed by atoms with van der Waals surface area (Å²) < 4.78 is 0. The lowest BCUT2D eigenvalue weighted by Crippen LogP contribution is -2.27. The van der Waals surface area contributed by atoms with Crippen LogP contribution in [0.2, 0.25) is 15.1 Å². The number of hydrogen-bond acceptors (Lipinski definition) is 5. The quantitative estimate of drug-likeness (QED) is 0.466. The Morgan fingerprint density at radius 3 is 2.69 bits per heavy atom. The maximum Gasteiger partial charge on any atom is 0.229 e. The number of rotatable bonds is 6. The number of aromatic nitrogens is 2. The molecule has 1 aromatic heterocycles. The molecule has 0 saturated carbocycles. The maximum absolute atomic E-state index is 6.22. The number of anilines is 3. The second-order valence-corrected chi connectivity index (χ2v) is 8.55. The van der Waals surface area contributed by atoms with Crippen molar-refractivity contribution in [2.45, 2.75) is 25.3 Å². The van der Waals surface area contributed by atoms with Crippen LogP contribution in [0.5, 0.6) is 0 Å². The fourth-order valence-corrected chi connectivity index (χ4v) is 4.17. The molecule has 0 aliphatic carbocycles. The van der Waals surface area contributed by atoms with Gasteiger partial charge in [-0.05, 0) is 69.3 Å². The van der Waals surface area contributed by atoms with Gasteiger partial charge in [-0.15, -0.1) is 0 Å². The van der Waals surface area contributed by atoms with Crippen molar-refractivity contribution in [2.24, 2.45) is 0 Å². The first kappa shape index (κ1) is 20.5. The van der Waals surface area contributed by atoms with Crippen molar-refractivity contribution in [3.63, 3.8) is 0 Å². The van der Waals surface area contributed by atoms with E-state index in [-0.39, 0.29) is 0 Å². The van der Waals surface area contributed by atoms with E-state index in [0.717, 1.165) is 35.4 Å². The molecule has 5 nitrogen and oxygen atoms in total. The lowest BCUT2D eigenvalue weighted by Gasteiger charge is -2.20. The Hall–Kier alpha value is -1.79. The molecule has 152 valence electrons. The van der Waals surface area contributed by atoms with Gasteiger partial charge in [0.15, 0.2) is 0 Å². The highest BCUT2D eigenvalue weighted by atomic mass is 35.5. The molecule has 1 aliphatic heterocycles.